The molecule has 0 saturated heterocycles. The summed E-state index contributed by atoms with van der Waals surface area (Å²) in [5.41, 5.74) is 3.44. The second-order valence-electron chi connectivity index (χ2n) is 5.53. The van der Waals surface area contributed by atoms with Crippen LogP contribution in [0, 0.1) is 0 Å². The van der Waals surface area contributed by atoms with E-state index in [0.29, 0.717) is 28.3 Å². The summed E-state index contributed by atoms with van der Waals surface area (Å²) in [7, 11) is 0. The zero-order valence-electron chi connectivity index (χ0n) is 13.6. The summed E-state index contributed by atoms with van der Waals surface area (Å²) in [6.07, 6.45) is 0.399. The lowest BCUT2D eigenvalue weighted by Crippen LogP contribution is -2.11. The lowest BCUT2D eigenvalue weighted by Gasteiger charge is -2.05. The number of thiazole rings is 1. The summed E-state index contributed by atoms with van der Waals surface area (Å²) in [6, 6.07) is 10.7. The molecule has 4 aromatic rings. The quantitative estimate of drug-likeness (QED) is 0.557. The van der Waals surface area contributed by atoms with Crippen LogP contribution in [0.3, 0.4) is 0 Å². The Labute approximate surface area is 156 Å². The van der Waals surface area contributed by atoms with Crippen LogP contribution in [0.5, 0.6) is 0 Å². The monoisotopic (exact) mass is 383 g/mol. The number of benzene rings is 2. The van der Waals surface area contributed by atoms with Crippen molar-refractivity contribution in [3.8, 4) is 0 Å². The van der Waals surface area contributed by atoms with Crippen LogP contribution in [0.1, 0.15) is 23.7 Å². The van der Waals surface area contributed by atoms with Crippen LogP contribution >= 0.6 is 23.1 Å². The van der Waals surface area contributed by atoms with E-state index in [4.69, 9.17) is 0 Å². The number of aromatic nitrogens is 3. The SMILES string of the molecule is CCC(=O)Nc1nc2ccc(NC(=O)c3ccc4nsnc4c3)cc2s1. The fourth-order valence-corrected chi connectivity index (χ4v) is 3.83. The Morgan fingerprint density at radius 2 is 1.81 bits per heavy atom. The molecule has 0 atom stereocenters. The molecule has 26 heavy (non-hydrogen) atoms. The fraction of sp³-hybridized carbons (Fsp3) is 0.118. The van der Waals surface area contributed by atoms with Crippen molar-refractivity contribution in [2.45, 2.75) is 13.3 Å². The molecule has 0 aliphatic rings. The summed E-state index contributed by atoms with van der Waals surface area (Å²) in [5.74, 6) is -0.298. The average Bonchev–Trinajstić information content (AvgIpc) is 3.26. The van der Waals surface area contributed by atoms with Crippen molar-refractivity contribution < 1.29 is 9.59 Å². The summed E-state index contributed by atoms with van der Waals surface area (Å²) in [6.45, 7) is 1.79. The maximum absolute atomic E-state index is 12.5. The highest BCUT2D eigenvalue weighted by Gasteiger charge is 2.11. The van der Waals surface area contributed by atoms with Crippen molar-refractivity contribution in [2.75, 3.05) is 10.6 Å². The topological polar surface area (TPSA) is 96.9 Å². The van der Waals surface area contributed by atoms with Crippen LogP contribution in [-0.4, -0.2) is 25.5 Å². The smallest absolute Gasteiger partial charge is 0.255 e. The van der Waals surface area contributed by atoms with Gasteiger partial charge in [-0.05, 0) is 36.4 Å². The molecule has 7 nitrogen and oxygen atoms in total. The van der Waals surface area contributed by atoms with Gasteiger partial charge in [-0.2, -0.15) is 8.75 Å². The van der Waals surface area contributed by atoms with E-state index in [2.05, 4.69) is 24.4 Å². The molecule has 2 heterocycles. The molecule has 0 saturated carbocycles. The number of nitrogens with one attached hydrogen (secondary N) is 2. The van der Waals surface area contributed by atoms with Gasteiger partial charge in [0.2, 0.25) is 5.91 Å². The number of anilines is 2. The molecule has 4 rings (SSSR count). The maximum Gasteiger partial charge on any atom is 0.255 e. The molecule has 2 aromatic carbocycles. The molecule has 130 valence electrons. The molecular formula is C17H13N5O2S2. The molecule has 2 amide bonds. The maximum atomic E-state index is 12.5. The van der Waals surface area contributed by atoms with Crippen LogP contribution in [0.25, 0.3) is 21.3 Å². The van der Waals surface area contributed by atoms with Gasteiger partial charge in [-0.25, -0.2) is 4.98 Å². The Bertz CT molecular complexity index is 1130. The number of carbonyl (C=O) groups is 2. The van der Waals surface area contributed by atoms with Gasteiger partial charge >= 0.3 is 0 Å². The first-order valence-electron chi connectivity index (χ1n) is 7.86. The summed E-state index contributed by atoms with van der Waals surface area (Å²) >= 11 is 2.49. The second kappa shape index (κ2) is 6.77. The summed E-state index contributed by atoms with van der Waals surface area (Å²) in [5, 5.41) is 6.18. The number of fused-ring (bicyclic) bond motifs is 2. The van der Waals surface area contributed by atoms with Crippen LogP contribution in [0.2, 0.25) is 0 Å². The molecule has 2 aromatic heterocycles. The molecule has 9 heteroatoms. The van der Waals surface area contributed by atoms with E-state index in [-0.39, 0.29) is 11.8 Å². The minimum Gasteiger partial charge on any atom is -0.322 e. The van der Waals surface area contributed by atoms with Gasteiger partial charge in [0.25, 0.3) is 5.91 Å². The number of rotatable bonds is 4. The normalized spacial score (nSPS) is 11.0. The zero-order chi connectivity index (χ0) is 18.1. The first-order chi connectivity index (χ1) is 12.6. The molecule has 0 aliphatic carbocycles. The van der Waals surface area contributed by atoms with E-state index < -0.39 is 0 Å². The standard InChI is InChI=1S/C17H13N5O2S2/c1-2-15(23)20-17-19-12-6-4-10(8-14(12)25-17)18-16(24)9-3-5-11-13(7-9)22-26-21-11/h3-8H,2H2,1H3,(H,18,24)(H,19,20,23). The highest BCUT2D eigenvalue weighted by atomic mass is 32.1. The predicted molar refractivity (Wildman–Crippen MR) is 104 cm³/mol. The zero-order valence-corrected chi connectivity index (χ0v) is 15.3. The van der Waals surface area contributed by atoms with E-state index in [1.54, 1.807) is 31.2 Å². The van der Waals surface area contributed by atoms with Crippen molar-refractivity contribution in [3.05, 3.63) is 42.0 Å². The van der Waals surface area contributed by atoms with Gasteiger partial charge < -0.3 is 10.6 Å². The van der Waals surface area contributed by atoms with E-state index in [0.717, 1.165) is 27.5 Å². The first-order valence-corrected chi connectivity index (χ1v) is 9.41. The van der Waals surface area contributed by atoms with Crippen LogP contribution in [0.4, 0.5) is 10.8 Å². The number of hydrogen-bond acceptors (Lipinski definition) is 7. The minimum atomic E-state index is -0.219. The molecule has 0 aliphatic heterocycles. The number of amides is 2. The molecule has 2 N–H and O–H groups in total. The third-order valence-corrected chi connectivity index (χ3v) is 5.22. The molecule has 0 radical (unpaired) electrons. The van der Waals surface area contributed by atoms with Gasteiger partial charge in [-0.1, -0.05) is 18.3 Å². The molecule has 0 spiro atoms. The Hall–Kier alpha value is -2.91. The fourth-order valence-electron chi connectivity index (χ4n) is 2.39. The Balaban J connectivity index is 1.56. The number of hydrogen-bond donors (Lipinski definition) is 2. The lowest BCUT2D eigenvalue weighted by atomic mass is 10.2. The summed E-state index contributed by atoms with van der Waals surface area (Å²) < 4.78 is 9.16. The van der Waals surface area contributed by atoms with E-state index >= 15 is 0 Å². The van der Waals surface area contributed by atoms with Gasteiger partial charge in [-0.3, -0.25) is 9.59 Å². The van der Waals surface area contributed by atoms with Crippen LogP contribution in [-0.2, 0) is 4.79 Å². The molecule has 0 fully saturated rings. The molecular weight excluding hydrogens is 370 g/mol. The van der Waals surface area contributed by atoms with Crippen molar-refractivity contribution in [1.29, 1.82) is 0 Å². The molecule has 0 bridgehead atoms. The average molecular weight is 383 g/mol. The largest absolute Gasteiger partial charge is 0.322 e. The second-order valence-corrected chi connectivity index (χ2v) is 7.08. The van der Waals surface area contributed by atoms with E-state index in [1.807, 2.05) is 12.1 Å². The van der Waals surface area contributed by atoms with E-state index in [9.17, 15) is 9.59 Å². The minimum absolute atomic E-state index is 0.0792. The third kappa shape index (κ3) is 3.26. The number of nitrogens with zero attached hydrogens (tertiary/aromatic N) is 3. The van der Waals surface area contributed by atoms with Gasteiger partial charge in [0, 0.05) is 17.7 Å². The first kappa shape index (κ1) is 16.6. The van der Waals surface area contributed by atoms with Crippen molar-refractivity contribution in [2.24, 2.45) is 0 Å². The highest BCUT2D eigenvalue weighted by molar-refractivity contribution is 7.22. The van der Waals surface area contributed by atoms with Crippen molar-refractivity contribution in [3.63, 3.8) is 0 Å². The molecule has 0 unspecified atom stereocenters. The summed E-state index contributed by atoms with van der Waals surface area (Å²) in [4.78, 5) is 28.3. The lowest BCUT2D eigenvalue weighted by molar-refractivity contribution is -0.115. The third-order valence-electron chi connectivity index (χ3n) is 3.73. The van der Waals surface area contributed by atoms with Crippen molar-refractivity contribution in [1.82, 2.24) is 13.7 Å². The predicted octanol–water partition coefficient (Wildman–Crippen LogP) is 3.90. The van der Waals surface area contributed by atoms with Gasteiger partial charge in [0.15, 0.2) is 5.13 Å². The van der Waals surface area contributed by atoms with Gasteiger partial charge in [0.05, 0.1) is 21.9 Å². The Morgan fingerprint density at radius 3 is 2.65 bits per heavy atom. The van der Waals surface area contributed by atoms with Crippen LogP contribution in [0.15, 0.2) is 36.4 Å². The van der Waals surface area contributed by atoms with Gasteiger partial charge in [0.1, 0.15) is 11.0 Å². The van der Waals surface area contributed by atoms with Crippen LogP contribution < -0.4 is 10.6 Å². The van der Waals surface area contributed by atoms with Crippen molar-refractivity contribution >= 4 is 66.9 Å². The Kier molecular flexibility index (Phi) is 4.31. The van der Waals surface area contributed by atoms with Gasteiger partial charge in [-0.15, -0.1) is 0 Å². The van der Waals surface area contributed by atoms with E-state index in [1.165, 1.54) is 11.3 Å². The Morgan fingerprint density at radius 1 is 1.00 bits per heavy atom. The highest BCUT2D eigenvalue weighted by Crippen LogP contribution is 2.28. The number of carbonyl (C=O) groups excluding carboxylic acids is 2.